The Labute approximate surface area is 120 Å². The summed E-state index contributed by atoms with van der Waals surface area (Å²) in [5.74, 6) is -0.710. The van der Waals surface area contributed by atoms with E-state index in [2.05, 4.69) is 17.1 Å². The van der Waals surface area contributed by atoms with Crippen molar-refractivity contribution in [2.45, 2.75) is 25.8 Å². The maximum absolute atomic E-state index is 13.5. The molecule has 1 fully saturated rings. The van der Waals surface area contributed by atoms with E-state index in [4.69, 9.17) is 0 Å². The molecule has 0 unspecified atom stereocenters. The standard InChI is InChI=1S/C14H21FN2O.ClH/c1-2-4-13(17-9-7-16-8-10-17)11-5-3-6-12(15)14(11)18;/h3,5-6,13,16,18H,2,4,7-10H2,1H3;1H/t13-;/m0./s1. The predicted octanol–water partition coefficient (Wildman–Crippen LogP) is 2.70. The zero-order valence-electron chi connectivity index (χ0n) is 11.2. The summed E-state index contributed by atoms with van der Waals surface area (Å²) < 4.78 is 13.5. The van der Waals surface area contributed by atoms with Crippen molar-refractivity contribution in [3.05, 3.63) is 29.6 Å². The number of hydrogen-bond donors (Lipinski definition) is 2. The fraction of sp³-hybridized carbons (Fsp3) is 0.571. The Morgan fingerprint density at radius 2 is 2.05 bits per heavy atom. The van der Waals surface area contributed by atoms with Gasteiger partial charge >= 0.3 is 0 Å². The van der Waals surface area contributed by atoms with Crippen LogP contribution in [0, 0.1) is 5.82 Å². The normalized spacial score (nSPS) is 17.8. The highest BCUT2D eigenvalue weighted by Gasteiger charge is 2.24. The highest BCUT2D eigenvalue weighted by molar-refractivity contribution is 5.85. The molecule has 1 saturated heterocycles. The summed E-state index contributed by atoms with van der Waals surface area (Å²) in [7, 11) is 0. The quantitative estimate of drug-likeness (QED) is 0.894. The third-order valence-corrected chi connectivity index (χ3v) is 3.53. The summed E-state index contributed by atoms with van der Waals surface area (Å²) in [5, 5.41) is 13.2. The van der Waals surface area contributed by atoms with Crippen LogP contribution in [0.3, 0.4) is 0 Å². The van der Waals surface area contributed by atoms with Crippen molar-refractivity contribution in [2.24, 2.45) is 0 Å². The molecule has 1 aromatic rings. The molecule has 1 aliphatic rings. The molecule has 2 N–H and O–H groups in total. The second-order valence-electron chi connectivity index (χ2n) is 4.77. The van der Waals surface area contributed by atoms with Gasteiger partial charge in [-0.25, -0.2) is 4.39 Å². The minimum Gasteiger partial charge on any atom is -0.505 e. The molecule has 0 radical (unpaired) electrons. The van der Waals surface area contributed by atoms with Crippen LogP contribution >= 0.6 is 12.4 Å². The van der Waals surface area contributed by atoms with Crippen molar-refractivity contribution in [1.29, 1.82) is 0 Å². The first-order valence-electron chi connectivity index (χ1n) is 6.66. The number of para-hydroxylation sites is 1. The van der Waals surface area contributed by atoms with E-state index in [0.717, 1.165) is 44.6 Å². The smallest absolute Gasteiger partial charge is 0.165 e. The molecule has 1 heterocycles. The van der Waals surface area contributed by atoms with Gasteiger partial charge in [0.2, 0.25) is 0 Å². The largest absolute Gasteiger partial charge is 0.505 e. The molecule has 1 aliphatic heterocycles. The fourth-order valence-corrected chi connectivity index (χ4v) is 2.60. The van der Waals surface area contributed by atoms with Gasteiger partial charge in [-0.1, -0.05) is 25.5 Å². The molecule has 3 nitrogen and oxygen atoms in total. The summed E-state index contributed by atoms with van der Waals surface area (Å²) in [4.78, 5) is 2.33. The van der Waals surface area contributed by atoms with E-state index < -0.39 is 5.82 Å². The van der Waals surface area contributed by atoms with Gasteiger partial charge in [-0.05, 0) is 12.5 Å². The molecule has 0 saturated carbocycles. The van der Waals surface area contributed by atoms with Gasteiger partial charge in [-0.2, -0.15) is 0 Å². The number of phenolic OH excluding ortho intramolecular Hbond substituents is 1. The molecule has 108 valence electrons. The van der Waals surface area contributed by atoms with Crippen LogP contribution in [0.1, 0.15) is 31.4 Å². The maximum atomic E-state index is 13.5. The zero-order valence-corrected chi connectivity index (χ0v) is 12.0. The van der Waals surface area contributed by atoms with Crippen molar-refractivity contribution in [1.82, 2.24) is 10.2 Å². The van der Waals surface area contributed by atoms with E-state index in [-0.39, 0.29) is 24.2 Å². The number of aromatic hydroxyl groups is 1. The summed E-state index contributed by atoms with van der Waals surface area (Å²) in [5.41, 5.74) is 0.721. The van der Waals surface area contributed by atoms with Crippen molar-refractivity contribution in [2.75, 3.05) is 26.2 Å². The van der Waals surface area contributed by atoms with Gasteiger partial charge in [0.1, 0.15) is 0 Å². The lowest BCUT2D eigenvalue weighted by Gasteiger charge is -2.35. The van der Waals surface area contributed by atoms with Gasteiger partial charge < -0.3 is 10.4 Å². The van der Waals surface area contributed by atoms with Crippen LogP contribution in [0.4, 0.5) is 4.39 Å². The van der Waals surface area contributed by atoms with Crippen LogP contribution in [-0.2, 0) is 0 Å². The third-order valence-electron chi connectivity index (χ3n) is 3.53. The van der Waals surface area contributed by atoms with E-state index in [1.54, 1.807) is 6.07 Å². The Hall–Kier alpha value is -0.840. The van der Waals surface area contributed by atoms with Crippen LogP contribution in [0.5, 0.6) is 5.75 Å². The second kappa shape index (κ2) is 7.68. The van der Waals surface area contributed by atoms with E-state index in [9.17, 15) is 9.50 Å². The van der Waals surface area contributed by atoms with Crippen LogP contribution in [0.15, 0.2) is 18.2 Å². The Balaban J connectivity index is 0.00000180. The summed E-state index contributed by atoms with van der Waals surface area (Å²) >= 11 is 0. The van der Waals surface area contributed by atoms with Crippen LogP contribution in [0.2, 0.25) is 0 Å². The molecule has 5 heteroatoms. The molecule has 0 aromatic heterocycles. The lowest BCUT2D eigenvalue weighted by Crippen LogP contribution is -2.45. The number of nitrogens with one attached hydrogen (secondary N) is 1. The van der Waals surface area contributed by atoms with Crippen molar-refractivity contribution < 1.29 is 9.50 Å². The van der Waals surface area contributed by atoms with Gasteiger partial charge in [0, 0.05) is 37.8 Å². The molecule has 0 amide bonds. The van der Waals surface area contributed by atoms with Crippen LogP contribution in [0.25, 0.3) is 0 Å². The van der Waals surface area contributed by atoms with E-state index in [0.29, 0.717) is 0 Å². The average molecular weight is 289 g/mol. The minimum atomic E-state index is -0.524. The second-order valence-corrected chi connectivity index (χ2v) is 4.77. The molecule has 0 spiro atoms. The Morgan fingerprint density at radius 3 is 2.68 bits per heavy atom. The summed E-state index contributed by atoms with van der Waals surface area (Å²) in [6.07, 6.45) is 1.96. The van der Waals surface area contributed by atoms with Gasteiger partial charge in [-0.3, -0.25) is 4.90 Å². The van der Waals surface area contributed by atoms with E-state index in [1.165, 1.54) is 6.07 Å². The zero-order chi connectivity index (χ0) is 13.0. The molecule has 1 aromatic carbocycles. The Bertz CT molecular complexity index is 397. The number of rotatable bonds is 4. The molecular weight excluding hydrogens is 267 g/mol. The molecule has 2 rings (SSSR count). The highest BCUT2D eigenvalue weighted by Crippen LogP contribution is 2.33. The van der Waals surface area contributed by atoms with Gasteiger partial charge in [0.25, 0.3) is 0 Å². The van der Waals surface area contributed by atoms with E-state index in [1.807, 2.05) is 6.07 Å². The number of halogens is 2. The summed E-state index contributed by atoms with van der Waals surface area (Å²) in [6.45, 7) is 5.92. The number of nitrogens with zero attached hydrogens (tertiary/aromatic N) is 1. The Kier molecular flexibility index (Phi) is 6.55. The van der Waals surface area contributed by atoms with Gasteiger partial charge in [0.15, 0.2) is 11.6 Å². The summed E-state index contributed by atoms with van der Waals surface area (Å²) in [6, 6.07) is 4.93. The lowest BCUT2D eigenvalue weighted by molar-refractivity contribution is 0.161. The van der Waals surface area contributed by atoms with Crippen molar-refractivity contribution in [3.8, 4) is 5.75 Å². The minimum absolute atomic E-state index is 0. The topological polar surface area (TPSA) is 35.5 Å². The fourth-order valence-electron chi connectivity index (χ4n) is 2.60. The molecule has 1 atom stereocenters. The van der Waals surface area contributed by atoms with Gasteiger partial charge in [0.05, 0.1) is 0 Å². The SMILES string of the molecule is CCC[C@@H](c1cccc(F)c1O)N1CCNCC1.Cl. The third kappa shape index (κ3) is 3.81. The first kappa shape index (κ1) is 16.2. The predicted molar refractivity (Wildman–Crippen MR) is 77.4 cm³/mol. The van der Waals surface area contributed by atoms with E-state index >= 15 is 0 Å². The first-order chi connectivity index (χ1) is 8.74. The van der Waals surface area contributed by atoms with Crippen LogP contribution < -0.4 is 5.32 Å². The molecular formula is C14H22ClFN2O. The van der Waals surface area contributed by atoms with Crippen LogP contribution in [-0.4, -0.2) is 36.2 Å². The Morgan fingerprint density at radius 1 is 1.37 bits per heavy atom. The number of piperazine rings is 1. The highest BCUT2D eigenvalue weighted by atomic mass is 35.5. The molecule has 0 bridgehead atoms. The van der Waals surface area contributed by atoms with Crippen molar-refractivity contribution in [3.63, 3.8) is 0 Å². The monoisotopic (exact) mass is 288 g/mol. The average Bonchev–Trinajstić information content (AvgIpc) is 2.41. The number of benzene rings is 1. The van der Waals surface area contributed by atoms with Gasteiger partial charge in [-0.15, -0.1) is 12.4 Å². The number of hydrogen-bond acceptors (Lipinski definition) is 3. The first-order valence-corrected chi connectivity index (χ1v) is 6.66. The molecule has 19 heavy (non-hydrogen) atoms. The maximum Gasteiger partial charge on any atom is 0.165 e. The molecule has 0 aliphatic carbocycles. The lowest BCUT2D eigenvalue weighted by atomic mass is 9.98. The number of phenols is 1. The van der Waals surface area contributed by atoms with Crippen molar-refractivity contribution >= 4 is 12.4 Å².